The predicted octanol–water partition coefficient (Wildman–Crippen LogP) is 4.47. The standard InChI is InChI=1S/C18H18N2OS2/c1-2-22-12-15-10-17(21)20-18(19-15)23-11-14-8-5-7-13-6-3-4-9-16(13)14/h3-10H,2,11-12H2,1H3,(H,19,20,21). The lowest BCUT2D eigenvalue weighted by atomic mass is 10.1. The number of benzene rings is 2. The van der Waals surface area contributed by atoms with Crippen LogP contribution in [0.4, 0.5) is 0 Å². The molecule has 23 heavy (non-hydrogen) atoms. The number of nitrogens with zero attached hydrogens (tertiary/aromatic N) is 1. The molecule has 0 aliphatic rings. The Labute approximate surface area is 143 Å². The van der Waals surface area contributed by atoms with E-state index in [9.17, 15) is 4.79 Å². The summed E-state index contributed by atoms with van der Waals surface area (Å²) in [5.41, 5.74) is 2.03. The molecule has 5 heteroatoms. The molecule has 0 spiro atoms. The average Bonchev–Trinajstić information content (AvgIpc) is 2.57. The Hall–Kier alpha value is -1.72. The summed E-state index contributed by atoms with van der Waals surface area (Å²) in [6, 6.07) is 16.3. The van der Waals surface area contributed by atoms with Crippen LogP contribution in [-0.4, -0.2) is 15.7 Å². The number of nitrogens with one attached hydrogen (secondary N) is 1. The van der Waals surface area contributed by atoms with Crippen LogP contribution in [0.1, 0.15) is 18.2 Å². The molecule has 0 atom stereocenters. The lowest BCUT2D eigenvalue weighted by Crippen LogP contribution is -2.09. The Bertz CT molecular complexity index is 856. The lowest BCUT2D eigenvalue weighted by molar-refractivity contribution is 0.899. The third kappa shape index (κ3) is 4.18. The molecule has 3 nitrogen and oxygen atoms in total. The van der Waals surface area contributed by atoms with Crippen LogP contribution < -0.4 is 5.56 Å². The van der Waals surface area contributed by atoms with E-state index in [-0.39, 0.29) is 5.56 Å². The molecule has 2 aromatic carbocycles. The summed E-state index contributed by atoms with van der Waals surface area (Å²) in [4.78, 5) is 19.2. The molecule has 0 aliphatic carbocycles. The number of aromatic amines is 1. The zero-order valence-corrected chi connectivity index (χ0v) is 14.5. The van der Waals surface area contributed by atoms with Gasteiger partial charge in [0, 0.05) is 17.6 Å². The van der Waals surface area contributed by atoms with Crippen LogP contribution in [-0.2, 0) is 11.5 Å². The van der Waals surface area contributed by atoms with Crippen LogP contribution in [0, 0.1) is 0 Å². The molecule has 0 radical (unpaired) electrons. The zero-order valence-electron chi connectivity index (χ0n) is 12.9. The van der Waals surface area contributed by atoms with Crippen LogP contribution in [0.15, 0.2) is 58.5 Å². The van der Waals surface area contributed by atoms with Gasteiger partial charge in [-0.1, -0.05) is 61.2 Å². The maximum atomic E-state index is 11.8. The normalized spacial score (nSPS) is 11.0. The fourth-order valence-electron chi connectivity index (χ4n) is 2.40. The molecule has 0 unspecified atom stereocenters. The molecule has 0 amide bonds. The average molecular weight is 342 g/mol. The minimum Gasteiger partial charge on any atom is -0.301 e. The molecule has 0 saturated carbocycles. The monoisotopic (exact) mass is 342 g/mol. The van der Waals surface area contributed by atoms with Gasteiger partial charge in [-0.15, -0.1) is 0 Å². The van der Waals surface area contributed by atoms with Crippen LogP contribution in [0.3, 0.4) is 0 Å². The van der Waals surface area contributed by atoms with Gasteiger partial charge in [-0.2, -0.15) is 11.8 Å². The van der Waals surface area contributed by atoms with Crippen molar-refractivity contribution >= 4 is 34.3 Å². The first-order valence-corrected chi connectivity index (χ1v) is 9.67. The van der Waals surface area contributed by atoms with Crippen molar-refractivity contribution < 1.29 is 0 Å². The number of H-pyrrole nitrogens is 1. The van der Waals surface area contributed by atoms with Crippen molar-refractivity contribution in [2.45, 2.75) is 23.6 Å². The van der Waals surface area contributed by atoms with Gasteiger partial charge in [0.05, 0.1) is 5.69 Å². The number of thioether (sulfide) groups is 2. The first-order valence-electron chi connectivity index (χ1n) is 7.53. The zero-order chi connectivity index (χ0) is 16.1. The summed E-state index contributed by atoms with van der Waals surface area (Å²) in [6.45, 7) is 2.11. The first kappa shape index (κ1) is 16.1. The molecule has 0 bridgehead atoms. The van der Waals surface area contributed by atoms with E-state index in [1.165, 1.54) is 16.3 Å². The van der Waals surface area contributed by atoms with Crippen LogP contribution in [0.5, 0.6) is 0 Å². The number of hydrogen-bond acceptors (Lipinski definition) is 4. The molecule has 1 heterocycles. The number of hydrogen-bond donors (Lipinski definition) is 1. The van der Waals surface area contributed by atoms with Crippen molar-refractivity contribution in [3.8, 4) is 0 Å². The highest BCUT2D eigenvalue weighted by atomic mass is 32.2. The van der Waals surface area contributed by atoms with E-state index < -0.39 is 0 Å². The van der Waals surface area contributed by atoms with Gasteiger partial charge in [0.15, 0.2) is 5.16 Å². The lowest BCUT2D eigenvalue weighted by Gasteiger charge is -2.07. The quantitative estimate of drug-likeness (QED) is 0.530. The molecule has 3 aromatic rings. The third-order valence-corrected chi connectivity index (χ3v) is 5.30. The molecule has 1 N–H and O–H groups in total. The summed E-state index contributed by atoms with van der Waals surface area (Å²) in [5, 5.41) is 3.18. The van der Waals surface area contributed by atoms with E-state index in [1.807, 2.05) is 6.07 Å². The second kappa shape index (κ2) is 7.70. The van der Waals surface area contributed by atoms with Gasteiger partial charge in [0.25, 0.3) is 5.56 Å². The highest BCUT2D eigenvalue weighted by Gasteiger charge is 2.05. The van der Waals surface area contributed by atoms with Gasteiger partial charge < -0.3 is 4.98 Å². The van der Waals surface area contributed by atoms with Crippen molar-refractivity contribution in [1.82, 2.24) is 9.97 Å². The predicted molar refractivity (Wildman–Crippen MR) is 100 cm³/mol. The van der Waals surface area contributed by atoms with E-state index in [2.05, 4.69) is 53.3 Å². The fourth-order valence-corrected chi connectivity index (χ4v) is 3.86. The maximum absolute atomic E-state index is 11.8. The molecular weight excluding hydrogens is 324 g/mol. The van der Waals surface area contributed by atoms with Crippen molar-refractivity contribution in [2.75, 3.05) is 5.75 Å². The van der Waals surface area contributed by atoms with Gasteiger partial charge in [0.1, 0.15) is 0 Å². The summed E-state index contributed by atoms with van der Waals surface area (Å²) < 4.78 is 0. The van der Waals surface area contributed by atoms with Crippen LogP contribution in [0.2, 0.25) is 0 Å². The Balaban J connectivity index is 1.79. The summed E-state index contributed by atoms with van der Waals surface area (Å²) in [6.07, 6.45) is 0. The maximum Gasteiger partial charge on any atom is 0.251 e. The molecule has 0 saturated heterocycles. The minimum atomic E-state index is -0.0767. The van der Waals surface area contributed by atoms with Crippen molar-refractivity contribution in [3.05, 3.63) is 70.1 Å². The van der Waals surface area contributed by atoms with Crippen LogP contribution in [0.25, 0.3) is 10.8 Å². The highest BCUT2D eigenvalue weighted by Crippen LogP contribution is 2.25. The Kier molecular flexibility index (Phi) is 5.41. The SMILES string of the molecule is CCSCc1cc(=O)[nH]c(SCc2cccc3ccccc23)n1. The van der Waals surface area contributed by atoms with E-state index >= 15 is 0 Å². The van der Waals surface area contributed by atoms with Crippen molar-refractivity contribution in [2.24, 2.45) is 0 Å². The second-order valence-electron chi connectivity index (χ2n) is 5.11. The van der Waals surface area contributed by atoms with E-state index in [1.54, 1.807) is 29.6 Å². The molecule has 3 rings (SSSR count). The number of rotatable bonds is 6. The van der Waals surface area contributed by atoms with Gasteiger partial charge in [0.2, 0.25) is 0 Å². The highest BCUT2D eigenvalue weighted by molar-refractivity contribution is 7.98. The largest absolute Gasteiger partial charge is 0.301 e. The number of fused-ring (bicyclic) bond motifs is 1. The molecule has 118 valence electrons. The summed E-state index contributed by atoms with van der Waals surface area (Å²) >= 11 is 3.34. The van der Waals surface area contributed by atoms with Crippen LogP contribution >= 0.6 is 23.5 Å². The molecule has 0 fully saturated rings. The minimum absolute atomic E-state index is 0.0767. The van der Waals surface area contributed by atoms with E-state index in [0.717, 1.165) is 23.0 Å². The smallest absolute Gasteiger partial charge is 0.251 e. The molecule has 1 aromatic heterocycles. The van der Waals surface area contributed by atoms with Gasteiger partial charge in [-0.05, 0) is 22.1 Å². The first-order chi connectivity index (χ1) is 11.3. The van der Waals surface area contributed by atoms with E-state index in [0.29, 0.717) is 5.16 Å². The topological polar surface area (TPSA) is 45.8 Å². The van der Waals surface area contributed by atoms with Crippen molar-refractivity contribution in [1.29, 1.82) is 0 Å². The summed E-state index contributed by atoms with van der Waals surface area (Å²) in [5.74, 6) is 2.59. The van der Waals surface area contributed by atoms with Gasteiger partial charge in [-0.3, -0.25) is 4.79 Å². The Morgan fingerprint density at radius 3 is 2.78 bits per heavy atom. The second-order valence-corrected chi connectivity index (χ2v) is 7.34. The van der Waals surface area contributed by atoms with E-state index in [4.69, 9.17) is 0 Å². The number of aromatic nitrogens is 2. The van der Waals surface area contributed by atoms with Gasteiger partial charge in [-0.25, -0.2) is 4.98 Å². The Morgan fingerprint density at radius 2 is 1.91 bits per heavy atom. The molecular formula is C18H18N2OS2. The van der Waals surface area contributed by atoms with Crippen molar-refractivity contribution in [3.63, 3.8) is 0 Å². The fraction of sp³-hybridized carbons (Fsp3) is 0.222. The molecule has 0 aliphatic heterocycles. The van der Waals surface area contributed by atoms with Gasteiger partial charge >= 0.3 is 0 Å². The Morgan fingerprint density at radius 1 is 1.09 bits per heavy atom. The summed E-state index contributed by atoms with van der Waals surface area (Å²) in [7, 11) is 0. The third-order valence-electron chi connectivity index (χ3n) is 3.47.